The van der Waals surface area contributed by atoms with Crippen molar-refractivity contribution in [3.63, 3.8) is 0 Å². The van der Waals surface area contributed by atoms with Crippen LogP contribution >= 0.6 is 23.2 Å². The third-order valence-corrected chi connectivity index (χ3v) is 5.76. The normalized spacial score (nSPS) is 11.2. The second kappa shape index (κ2) is 8.55. The van der Waals surface area contributed by atoms with E-state index < -0.39 is 20.9 Å². The minimum atomic E-state index is -4.22. The van der Waals surface area contributed by atoms with Gasteiger partial charge in [-0.25, -0.2) is 8.42 Å². The Morgan fingerprint density at radius 3 is 2.33 bits per heavy atom. The topological polar surface area (TPSA) is 118 Å². The van der Waals surface area contributed by atoms with E-state index in [1.807, 2.05) is 0 Å². The number of carboxylic acid groups (broad SMARTS) is 1. The van der Waals surface area contributed by atoms with Crippen LogP contribution < -0.4 is 4.31 Å². The first-order chi connectivity index (χ1) is 12.6. The number of rotatable bonds is 8. The predicted octanol–water partition coefficient (Wildman–Crippen LogP) is 3.96. The summed E-state index contributed by atoms with van der Waals surface area (Å²) in [5, 5.41) is 20.2. The second-order valence-corrected chi connectivity index (χ2v) is 8.19. The van der Waals surface area contributed by atoms with Gasteiger partial charge in [0.25, 0.3) is 15.7 Å². The van der Waals surface area contributed by atoms with Crippen molar-refractivity contribution in [2.24, 2.45) is 0 Å². The summed E-state index contributed by atoms with van der Waals surface area (Å²) in [7, 11) is -4.22. The number of carboxylic acids is 1. The molecule has 0 fully saturated rings. The quantitative estimate of drug-likeness (QED) is 0.497. The molecule has 0 aliphatic heterocycles. The molecule has 2 rings (SSSR count). The van der Waals surface area contributed by atoms with Crippen molar-refractivity contribution in [3.8, 4) is 0 Å². The van der Waals surface area contributed by atoms with Crippen molar-refractivity contribution in [2.45, 2.75) is 17.7 Å². The lowest BCUT2D eigenvalue weighted by molar-refractivity contribution is -0.385. The van der Waals surface area contributed by atoms with Crippen molar-refractivity contribution in [3.05, 3.63) is 62.6 Å². The van der Waals surface area contributed by atoms with Gasteiger partial charge in [-0.2, -0.15) is 0 Å². The molecule has 0 spiro atoms. The van der Waals surface area contributed by atoms with E-state index in [1.165, 1.54) is 36.4 Å². The fourth-order valence-electron chi connectivity index (χ4n) is 2.33. The van der Waals surface area contributed by atoms with Gasteiger partial charge in [0.1, 0.15) is 0 Å². The molecule has 0 radical (unpaired) electrons. The third kappa shape index (κ3) is 5.31. The number of nitro benzene ring substituents is 1. The molecule has 27 heavy (non-hydrogen) atoms. The van der Waals surface area contributed by atoms with Crippen molar-refractivity contribution < 1.29 is 23.2 Å². The molecule has 2 aromatic rings. The number of nitrogens with zero attached hydrogens (tertiary/aromatic N) is 2. The van der Waals surface area contributed by atoms with Crippen LogP contribution in [0.3, 0.4) is 0 Å². The van der Waals surface area contributed by atoms with E-state index in [-0.39, 0.29) is 45.7 Å². The van der Waals surface area contributed by atoms with Gasteiger partial charge in [-0.1, -0.05) is 29.3 Å². The van der Waals surface area contributed by atoms with Gasteiger partial charge in [-0.05, 0) is 30.7 Å². The Balaban J connectivity index is 2.51. The molecule has 144 valence electrons. The molecule has 0 unspecified atom stereocenters. The van der Waals surface area contributed by atoms with E-state index in [0.29, 0.717) is 0 Å². The molecule has 0 bridgehead atoms. The largest absolute Gasteiger partial charge is 0.481 e. The van der Waals surface area contributed by atoms with Crippen molar-refractivity contribution in [1.82, 2.24) is 0 Å². The number of nitro groups is 1. The second-order valence-electron chi connectivity index (χ2n) is 5.46. The van der Waals surface area contributed by atoms with Crippen LogP contribution in [-0.2, 0) is 14.8 Å². The van der Waals surface area contributed by atoms with E-state index in [4.69, 9.17) is 28.3 Å². The number of hydrogen-bond acceptors (Lipinski definition) is 5. The summed E-state index contributed by atoms with van der Waals surface area (Å²) < 4.78 is 27.1. The molecule has 11 heteroatoms. The molecule has 0 aliphatic carbocycles. The van der Waals surface area contributed by atoms with Crippen LogP contribution in [0.1, 0.15) is 12.8 Å². The lowest BCUT2D eigenvalue weighted by Gasteiger charge is -2.24. The molecule has 0 aromatic heterocycles. The van der Waals surface area contributed by atoms with E-state index in [0.717, 1.165) is 10.4 Å². The highest BCUT2D eigenvalue weighted by Gasteiger charge is 2.27. The maximum Gasteiger partial charge on any atom is 0.303 e. The van der Waals surface area contributed by atoms with Crippen LogP contribution in [0.5, 0.6) is 0 Å². The summed E-state index contributed by atoms with van der Waals surface area (Å²) in [6.07, 6.45) is -0.233. The Morgan fingerprint density at radius 1 is 1.15 bits per heavy atom. The number of anilines is 1. The van der Waals surface area contributed by atoms with Crippen LogP contribution in [0.4, 0.5) is 11.4 Å². The predicted molar refractivity (Wildman–Crippen MR) is 101 cm³/mol. The lowest BCUT2D eigenvalue weighted by atomic mass is 10.3. The Bertz CT molecular complexity index is 960. The summed E-state index contributed by atoms with van der Waals surface area (Å²) in [5.74, 6) is -1.08. The number of sulfonamides is 1. The highest BCUT2D eigenvalue weighted by Crippen LogP contribution is 2.31. The van der Waals surface area contributed by atoms with Gasteiger partial charge in [-0.3, -0.25) is 19.2 Å². The minimum absolute atomic E-state index is 0.0215. The molecule has 1 N–H and O–H groups in total. The average molecular weight is 433 g/mol. The van der Waals surface area contributed by atoms with Crippen LogP contribution in [0.15, 0.2) is 47.4 Å². The molecule has 0 atom stereocenters. The number of benzene rings is 2. The fraction of sp³-hybridized carbons (Fsp3) is 0.188. The maximum atomic E-state index is 13.1. The summed E-state index contributed by atoms with van der Waals surface area (Å²) in [5.41, 5.74) is -0.255. The Hall–Kier alpha value is -2.36. The average Bonchev–Trinajstić information content (AvgIpc) is 2.57. The van der Waals surface area contributed by atoms with Gasteiger partial charge in [0.2, 0.25) is 0 Å². The van der Waals surface area contributed by atoms with Crippen molar-refractivity contribution >= 4 is 50.6 Å². The first-order valence-electron chi connectivity index (χ1n) is 7.56. The summed E-state index contributed by atoms with van der Waals surface area (Å²) in [4.78, 5) is 20.7. The number of halogens is 2. The minimum Gasteiger partial charge on any atom is -0.481 e. The Labute approximate surface area is 165 Å². The SMILES string of the molecule is O=C(O)CCCN(c1cc(Cl)cc(Cl)c1)S(=O)(=O)c1cccc([N+](=O)[O-])c1. The molecule has 0 saturated heterocycles. The zero-order chi connectivity index (χ0) is 20.2. The van der Waals surface area contributed by atoms with Crippen molar-refractivity contribution in [1.29, 1.82) is 0 Å². The summed E-state index contributed by atoms with van der Waals surface area (Å²) in [6, 6.07) is 8.73. The Morgan fingerprint density at radius 2 is 1.78 bits per heavy atom. The van der Waals surface area contributed by atoms with E-state index in [9.17, 15) is 23.3 Å². The zero-order valence-corrected chi connectivity index (χ0v) is 16.0. The van der Waals surface area contributed by atoms with Crippen LogP contribution in [0, 0.1) is 10.1 Å². The fourth-order valence-corrected chi connectivity index (χ4v) is 4.37. The molecule has 2 aromatic carbocycles. The van der Waals surface area contributed by atoms with E-state index in [1.54, 1.807) is 0 Å². The van der Waals surface area contributed by atoms with Gasteiger partial charge in [0.15, 0.2) is 0 Å². The Kier molecular flexibility index (Phi) is 6.63. The third-order valence-electron chi connectivity index (χ3n) is 3.50. The highest BCUT2D eigenvalue weighted by molar-refractivity contribution is 7.92. The molecule has 0 heterocycles. The monoisotopic (exact) mass is 432 g/mol. The molecule has 8 nitrogen and oxygen atoms in total. The van der Waals surface area contributed by atoms with Gasteiger partial charge in [-0.15, -0.1) is 0 Å². The first-order valence-corrected chi connectivity index (χ1v) is 9.76. The number of hydrogen-bond donors (Lipinski definition) is 1. The smallest absolute Gasteiger partial charge is 0.303 e. The number of aliphatic carboxylic acids is 1. The first kappa shape index (κ1) is 20.9. The highest BCUT2D eigenvalue weighted by atomic mass is 35.5. The maximum absolute atomic E-state index is 13.1. The molecule has 0 aliphatic rings. The molecular weight excluding hydrogens is 419 g/mol. The van der Waals surface area contributed by atoms with E-state index in [2.05, 4.69) is 0 Å². The van der Waals surface area contributed by atoms with E-state index >= 15 is 0 Å². The summed E-state index contributed by atoms with van der Waals surface area (Å²) in [6.45, 7) is -0.173. The molecule has 0 saturated carbocycles. The zero-order valence-electron chi connectivity index (χ0n) is 13.7. The molecular formula is C16H14Cl2N2O6S. The van der Waals surface area contributed by atoms with Crippen LogP contribution in [0.2, 0.25) is 10.0 Å². The standard InChI is InChI=1S/C16H14Cl2N2O6S/c17-11-7-12(18)9-14(8-11)19(6-2-5-16(21)22)27(25,26)15-4-1-3-13(10-15)20(23)24/h1,3-4,7-10H,2,5-6H2,(H,21,22). The van der Waals surface area contributed by atoms with Crippen LogP contribution in [0.25, 0.3) is 0 Å². The van der Waals surface area contributed by atoms with Gasteiger partial charge in [0, 0.05) is 35.1 Å². The van der Waals surface area contributed by atoms with Crippen LogP contribution in [-0.4, -0.2) is 31.0 Å². The number of non-ortho nitro benzene ring substituents is 1. The van der Waals surface area contributed by atoms with Gasteiger partial charge >= 0.3 is 5.97 Å². The van der Waals surface area contributed by atoms with Gasteiger partial charge < -0.3 is 5.11 Å². The lowest BCUT2D eigenvalue weighted by Crippen LogP contribution is -2.32. The molecule has 0 amide bonds. The van der Waals surface area contributed by atoms with Gasteiger partial charge in [0.05, 0.1) is 15.5 Å². The van der Waals surface area contributed by atoms with Crippen molar-refractivity contribution in [2.75, 3.05) is 10.8 Å². The summed E-state index contributed by atoms with van der Waals surface area (Å²) >= 11 is 11.9. The number of carbonyl (C=O) groups is 1.